The highest BCUT2D eigenvalue weighted by Gasteiger charge is 2.04. The van der Waals surface area contributed by atoms with Crippen molar-refractivity contribution in [3.05, 3.63) is 51.7 Å². The lowest BCUT2D eigenvalue weighted by Crippen LogP contribution is -2.12. The summed E-state index contributed by atoms with van der Waals surface area (Å²) in [5, 5.41) is 3.39. The molecular weight excluding hydrogens is 260 g/mol. The number of thiophene rings is 1. The van der Waals surface area contributed by atoms with E-state index >= 15 is 0 Å². The zero-order chi connectivity index (χ0) is 13.0. The van der Waals surface area contributed by atoms with Gasteiger partial charge in [0.1, 0.15) is 4.99 Å². The number of thiocarbonyl (C=S) groups is 1. The van der Waals surface area contributed by atoms with Gasteiger partial charge in [0, 0.05) is 27.5 Å². The van der Waals surface area contributed by atoms with Gasteiger partial charge in [0.05, 0.1) is 0 Å². The molecule has 0 bridgehead atoms. The maximum atomic E-state index is 5.70. The summed E-state index contributed by atoms with van der Waals surface area (Å²) < 4.78 is 0. The second-order valence-corrected chi connectivity index (χ2v) is 5.68. The van der Waals surface area contributed by atoms with E-state index < -0.39 is 0 Å². The number of hydrogen-bond donors (Lipinski definition) is 2. The molecule has 0 spiro atoms. The molecular formula is C14H16N2S2. The van der Waals surface area contributed by atoms with Gasteiger partial charge in [-0.2, -0.15) is 0 Å². The Labute approximate surface area is 117 Å². The minimum Gasteiger partial charge on any atom is -0.389 e. The van der Waals surface area contributed by atoms with Gasteiger partial charge in [-0.1, -0.05) is 31.3 Å². The molecule has 3 N–H and O–H groups in total. The number of benzene rings is 1. The summed E-state index contributed by atoms with van der Waals surface area (Å²) in [6, 6.07) is 12.2. The molecule has 0 aliphatic heterocycles. The Balaban J connectivity index is 2.08. The molecule has 0 amide bonds. The molecule has 0 atom stereocenters. The van der Waals surface area contributed by atoms with Crippen LogP contribution in [0.15, 0.2) is 36.4 Å². The minimum absolute atomic E-state index is 0.429. The fourth-order valence-corrected chi connectivity index (χ4v) is 2.82. The Bertz CT molecular complexity index is 546. The van der Waals surface area contributed by atoms with Crippen LogP contribution in [0.25, 0.3) is 0 Å². The fraction of sp³-hybridized carbons (Fsp3) is 0.214. The zero-order valence-corrected chi connectivity index (χ0v) is 11.9. The van der Waals surface area contributed by atoms with Crippen molar-refractivity contribution in [2.75, 3.05) is 5.32 Å². The van der Waals surface area contributed by atoms with Crippen LogP contribution >= 0.6 is 23.6 Å². The highest BCUT2D eigenvalue weighted by atomic mass is 32.1. The van der Waals surface area contributed by atoms with Crippen molar-refractivity contribution in [2.45, 2.75) is 19.9 Å². The second-order valence-electron chi connectivity index (χ2n) is 3.98. The Morgan fingerprint density at radius 2 is 1.94 bits per heavy atom. The molecule has 0 aliphatic carbocycles. The Morgan fingerprint density at radius 1 is 1.22 bits per heavy atom. The lowest BCUT2D eigenvalue weighted by atomic mass is 10.2. The van der Waals surface area contributed by atoms with Crippen LogP contribution in [-0.4, -0.2) is 4.99 Å². The molecule has 1 aromatic heterocycles. The first-order chi connectivity index (χ1) is 8.70. The molecule has 2 aromatic rings. The molecule has 0 saturated carbocycles. The van der Waals surface area contributed by atoms with Crippen LogP contribution < -0.4 is 11.1 Å². The van der Waals surface area contributed by atoms with E-state index in [9.17, 15) is 0 Å². The first kappa shape index (κ1) is 13.1. The monoisotopic (exact) mass is 276 g/mol. The number of nitrogens with two attached hydrogens (primary N) is 1. The average Bonchev–Trinajstić information content (AvgIpc) is 2.84. The van der Waals surface area contributed by atoms with E-state index in [1.165, 1.54) is 9.75 Å². The van der Waals surface area contributed by atoms with Crippen LogP contribution in [0.4, 0.5) is 5.69 Å². The summed E-state index contributed by atoms with van der Waals surface area (Å²) in [6.07, 6.45) is 1.09. The van der Waals surface area contributed by atoms with Crippen molar-refractivity contribution in [2.24, 2.45) is 5.73 Å². The minimum atomic E-state index is 0.429. The van der Waals surface area contributed by atoms with E-state index in [0.717, 1.165) is 24.2 Å². The van der Waals surface area contributed by atoms with Gasteiger partial charge in [0.15, 0.2) is 0 Å². The lowest BCUT2D eigenvalue weighted by Gasteiger charge is -2.09. The van der Waals surface area contributed by atoms with Gasteiger partial charge in [0.2, 0.25) is 0 Å². The maximum Gasteiger partial charge on any atom is 0.106 e. The van der Waals surface area contributed by atoms with E-state index in [1.54, 1.807) is 0 Å². The zero-order valence-electron chi connectivity index (χ0n) is 10.3. The largest absolute Gasteiger partial charge is 0.389 e. The van der Waals surface area contributed by atoms with Crippen LogP contribution in [0.2, 0.25) is 0 Å². The van der Waals surface area contributed by atoms with Gasteiger partial charge in [-0.25, -0.2) is 0 Å². The lowest BCUT2D eigenvalue weighted by molar-refractivity contribution is 1.19. The molecule has 0 aliphatic rings. The van der Waals surface area contributed by atoms with Crippen LogP contribution in [0, 0.1) is 0 Å². The SMILES string of the molecule is CCc1ccc(CNc2ccccc2C(N)=S)s1. The topological polar surface area (TPSA) is 38.0 Å². The normalized spacial score (nSPS) is 10.3. The Morgan fingerprint density at radius 3 is 2.61 bits per heavy atom. The van der Waals surface area contributed by atoms with Gasteiger partial charge in [-0.3, -0.25) is 0 Å². The summed E-state index contributed by atoms with van der Waals surface area (Å²) in [5.74, 6) is 0. The molecule has 1 heterocycles. The van der Waals surface area contributed by atoms with Gasteiger partial charge in [0.25, 0.3) is 0 Å². The molecule has 2 rings (SSSR count). The Hall–Kier alpha value is -1.39. The third-order valence-corrected chi connectivity index (χ3v) is 4.16. The third-order valence-electron chi connectivity index (χ3n) is 2.71. The van der Waals surface area contributed by atoms with E-state index in [2.05, 4.69) is 24.4 Å². The predicted octanol–water partition coefficient (Wildman–Crippen LogP) is 3.56. The summed E-state index contributed by atoms with van der Waals surface area (Å²) in [7, 11) is 0. The summed E-state index contributed by atoms with van der Waals surface area (Å²) in [5.41, 5.74) is 7.60. The molecule has 18 heavy (non-hydrogen) atoms. The van der Waals surface area contributed by atoms with Crippen LogP contribution in [0.3, 0.4) is 0 Å². The predicted molar refractivity (Wildman–Crippen MR) is 83.4 cm³/mol. The molecule has 0 saturated heterocycles. The number of hydrogen-bond acceptors (Lipinski definition) is 3. The molecule has 2 nitrogen and oxygen atoms in total. The maximum absolute atomic E-state index is 5.70. The van der Waals surface area contributed by atoms with Gasteiger partial charge < -0.3 is 11.1 Å². The van der Waals surface area contributed by atoms with Crippen molar-refractivity contribution in [3.63, 3.8) is 0 Å². The molecule has 4 heteroatoms. The van der Waals surface area contributed by atoms with Crippen molar-refractivity contribution in [3.8, 4) is 0 Å². The standard InChI is InChI=1S/C14H16N2S2/c1-2-10-7-8-11(18-10)9-16-13-6-4-3-5-12(13)14(15)17/h3-8,16H,2,9H2,1H3,(H2,15,17). The van der Waals surface area contributed by atoms with Crippen molar-refractivity contribution >= 4 is 34.2 Å². The second kappa shape index (κ2) is 5.98. The summed E-state index contributed by atoms with van der Waals surface area (Å²) >= 11 is 6.88. The number of anilines is 1. The number of rotatable bonds is 5. The van der Waals surface area contributed by atoms with Crippen molar-refractivity contribution in [1.82, 2.24) is 0 Å². The fourth-order valence-electron chi connectivity index (χ4n) is 1.74. The average molecular weight is 276 g/mol. The van der Waals surface area contributed by atoms with Gasteiger partial charge in [-0.15, -0.1) is 11.3 Å². The number of nitrogens with one attached hydrogen (secondary N) is 1. The summed E-state index contributed by atoms with van der Waals surface area (Å²) in [6.45, 7) is 2.98. The van der Waals surface area contributed by atoms with Crippen LogP contribution in [0.1, 0.15) is 22.2 Å². The molecule has 94 valence electrons. The smallest absolute Gasteiger partial charge is 0.106 e. The third kappa shape index (κ3) is 3.09. The van der Waals surface area contributed by atoms with Crippen LogP contribution in [0.5, 0.6) is 0 Å². The van der Waals surface area contributed by atoms with E-state index in [0.29, 0.717) is 4.99 Å². The summed E-state index contributed by atoms with van der Waals surface area (Å²) in [4.78, 5) is 3.16. The van der Waals surface area contributed by atoms with Gasteiger partial charge in [-0.05, 0) is 30.7 Å². The quantitative estimate of drug-likeness (QED) is 0.820. The van der Waals surface area contributed by atoms with Crippen LogP contribution in [-0.2, 0) is 13.0 Å². The van der Waals surface area contributed by atoms with Gasteiger partial charge >= 0.3 is 0 Å². The highest BCUT2D eigenvalue weighted by Crippen LogP contribution is 2.20. The van der Waals surface area contributed by atoms with Crippen molar-refractivity contribution < 1.29 is 0 Å². The van der Waals surface area contributed by atoms with E-state index in [4.69, 9.17) is 18.0 Å². The Kier molecular flexibility index (Phi) is 4.33. The number of aryl methyl sites for hydroxylation is 1. The van der Waals surface area contributed by atoms with Crippen molar-refractivity contribution in [1.29, 1.82) is 0 Å². The molecule has 0 unspecified atom stereocenters. The first-order valence-corrected chi connectivity index (χ1v) is 7.13. The molecule has 1 aromatic carbocycles. The molecule has 0 radical (unpaired) electrons. The molecule has 0 fully saturated rings. The van der Waals surface area contributed by atoms with E-state index in [1.807, 2.05) is 35.6 Å². The first-order valence-electron chi connectivity index (χ1n) is 5.91. The highest BCUT2D eigenvalue weighted by molar-refractivity contribution is 7.80. The number of para-hydroxylation sites is 1. The van der Waals surface area contributed by atoms with E-state index in [-0.39, 0.29) is 0 Å².